The minimum atomic E-state index is -1.13. The van der Waals surface area contributed by atoms with Gasteiger partial charge >= 0.3 is 11.9 Å². The summed E-state index contributed by atoms with van der Waals surface area (Å²) in [6.45, 7) is 1.56. The van der Waals surface area contributed by atoms with E-state index in [4.69, 9.17) is 4.74 Å². The molecule has 2 aromatic carbocycles. The third-order valence-electron chi connectivity index (χ3n) is 5.27. The van der Waals surface area contributed by atoms with Gasteiger partial charge in [0.15, 0.2) is 5.13 Å². The number of nitro groups is 1. The van der Waals surface area contributed by atoms with Gasteiger partial charge in [0.25, 0.3) is 11.5 Å². The Bertz CT molecular complexity index is 1350. The maximum atomic E-state index is 13.1. The predicted octanol–water partition coefficient (Wildman–Crippen LogP) is 3.77. The number of benzene rings is 2. The molecular formula is C23H17N3O7S. The average Bonchev–Trinajstić information content (AvgIpc) is 3.35. The molecule has 0 bridgehead atoms. The number of nitro benzene ring substituents is 1. The molecule has 1 atom stereocenters. The van der Waals surface area contributed by atoms with E-state index >= 15 is 0 Å². The second-order valence-electron chi connectivity index (χ2n) is 7.29. The van der Waals surface area contributed by atoms with E-state index < -0.39 is 34.4 Å². The molecule has 1 aliphatic heterocycles. The largest absolute Gasteiger partial charge is 0.507 e. The Morgan fingerprint density at radius 1 is 1.15 bits per heavy atom. The molecule has 10 nitrogen and oxygen atoms in total. The molecule has 0 radical (unpaired) electrons. The standard InChI is InChI=1S/C23H17N3O7S/c1-12-20(22(30)33-2)34-23(24-12)25-17(13-8-10-15(11-9-13)26(31)32)16(19(28)21(25)29)18(27)14-6-4-3-5-7-14/h3-11,17,27H,1-2H3/b18-16-. The van der Waals surface area contributed by atoms with Gasteiger partial charge in [-0.25, -0.2) is 9.78 Å². The van der Waals surface area contributed by atoms with Crippen LogP contribution in [0.1, 0.15) is 32.5 Å². The molecule has 11 heteroatoms. The molecule has 3 aromatic rings. The Morgan fingerprint density at radius 3 is 2.38 bits per heavy atom. The van der Waals surface area contributed by atoms with Crippen molar-refractivity contribution in [3.8, 4) is 0 Å². The number of non-ortho nitro benzene ring substituents is 1. The topological polar surface area (TPSA) is 140 Å². The van der Waals surface area contributed by atoms with Crippen molar-refractivity contribution >= 4 is 45.6 Å². The summed E-state index contributed by atoms with van der Waals surface area (Å²) in [6.07, 6.45) is 0. The Balaban J connectivity index is 1.93. The number of nitrogens with zero attached hydrogens (tertiary/aromatic N) is 3. The molecule has 4 rings (SSSR count). The van der Waals surface area contributed by atoms with E-state index in [9.17, 15) is 29.6 Å². The van der Waals surface area contributed by atoms with Crippen LogP contribution in [0.25, 0.3) is 5.76 Å². The number of hydrogen-bond donors (Lipinski definition) is 1. The van der Waals surface area contributed by atoms with Crippen molar-refractivity contribution in [2.24, 2.45) is 0 Å². The number of thiazole rings is 1. The molecule has 1 amide bonds. The molecule has 1 N–H and O–H groups in total. The van der Waals surface area contributed by atoms with Crippen molar-refractivity contribution in [2.45, 2.75) is 13.0 Å². The first-order valence-corrected chi connectivity index (χ1v) is 10.7. The van der Waals surface area contributed by atoms with Gasteiger partial charge < -0.3 is 9.84 Å². The van der Waals surface area contributed by atoms with E-state index in [1.165, 1.54) is 31.4 Å². The number of Topliss-reactive ketones (excluding diaryl/α,β-unsaturated/α-hetero) is 1. The normalized spacial score (nSPS) is 17.1. The highest BCUT2D eigenvalue weighted by Crippen LogP contribution is 2.44. The molecular weight excluding hydrogens is 462 g/mol. The summed E-state index contributed by atoms with van der Waals surface area (Å²) in [4.78, 5) is 54.4. The average molecular weight is 479 g/mol. The number of anilines is 1. The number of ether oxygens (including phenoxy) is 1. The molecule has 1 fully saturated rings. The van der Waals surface area contributed by atoms with Crippen molar-refractivity contribution in [1.82, 2.24) is 4.98 Å². The first-order chi connectivity index (χ1) is 16.2. The summed E-state index contributed by atoms with van der Waals surface area (Å²) in [5, 5.41) is 22.2. The van der Waals surface area contributed by atoms with Gasteiger partial charge in [-0.3, -0.25) is 24.6 Å². The number of esters is 1. The van der Waals surface area contributed by atoms with Gasteiger partial charge in [0.1, 0.15) is 10.6 Å². The van der Waals surface area contributed by atoms with Crippen LogP contribution in [-0.4, -0.2) is 39.8 Å². The van der Waals surface area contributed by atoms with Crippen molar-refractivity contribution < 1.29 is 29.2 Å². The lowest BCUT2D eigenvalue weighted by molar-refractivity contribution is -0.384. The summed E-state index contributed by atoms with van der Waals surface area (Å²) in [6, 6.07) is 12.4. The lowest BCUT2D eigenvalue weighted by Crippen LogP contribution is -2.29. The Hall–Kier alpha value is -4.38. The maximum absolute atomic E-state index is 13.1. The molecule has 0 aliphatic carbocycles. The minimum absolute atomic E-state index is 0.0514. The van der Waals surface area contributed by atoms with E-state index in [0.29, 0.717) is 16.8 Å². The van der Waals surface area contributed by atoms with Gasteiger partial charge in [0.2, 0.25) is 0 Å². The lowest BCUT2D eigenvalue weighted by Gasteiger charge is -2.22. The zero-order chi connectivity index (χ0) is 24.6. The molecule has 172 valence electrons. The SMILES string of the molecule is COC(=O)c1sc(N2C(=O)C(=O)/C(=C(\O)c3ccccc3)C2c2ccc([N+](=O)[O-])cc2)nc1C. The number of aryl methyl sites for hydroxylation is 1. The molecule has 34 heavy (non-hydrogen) atoms. The molecule has 0 saturated carbocycles. The van der Waals surface area contributed by atoms with Gasteiger partial charge in [0.05, 0.1) is 29.3 Å². The molecule has 1 saturated heterocycles. The maximum Gasteiger partial charge on any atom is 0.350 e. The van der Waals surface area contributed by atoms with E-state index in [2.05, 4.69) is 4.98 Å². The zero-order valence-corrected chi connectivity index (χ0v) is 18.7. The Morgan fingerprint density at radius 2 is 1.79 bits per heavy atom. The van der Waals surface area contributed by atoms with E-state index in [1.54, 1.807) is 37.3 Å². The van der Waals surface area contributed by atoms with E-state index in [-0.39, 0.29) is 21.3 Å². The van der Waals surface area contributed by atoms with Crippen LogP contribution < -0.4 is 4.90 Å². The van der Waals surface area contributed by atoms with Crippen molar-refractivity contribution in [1.29, 1.82) is 0 Å². The van der Waals surface area contributed by atoms with Crippen LogP contribution in [0, 0.1) is 17.0 Å². The minimum Gasteiger partial charge on any atom is -0.507 e. The van der Waals surface area contributed by atoms with Crippen LogP contribution in [0.4, 0.5) is 10.8 Å². The summed E-state index contributed by atoms with van der Waals surface area (Å²) in [5.41, 5.74) is 0.589. The number of amides is 1. The first kappa shape index (κ1) is 22.8. The number of aliphatic hydroxyl groups excluding tert-OH is 1. The number of carbonyl (C=O) groups excluding carboxylic acids is 3. The smallest absolute Gasteiger partial charge is 0.350 e. The zero-order valence-electron chi connectivity index (χ0n) is 17.9. The van der Waals surface area contributed by atoms with Crippen molar-refractivity contribution in [3.05, 3.63) is 92.0 Å². The van der Waals surface area contributed by atoms with E-state index in [0.717, 1.165) is 16.2 Å². The van der Waals surface area contributed by atoms with Crippen LogP contribution in [0.5, 0.6) is 0 Å². The highest BCUT2D eigenvalue weighted by molar-refractivity contribution is 7.17. The van der Waals surface area contributed by atoms with Gasteiger partial charge in [-0.05, 0) is 24.6 Å². The summed E-state index contributed by atoms with van der Waals surface area (Å²) >= 11 is 0.866. The highest BCUT2D eigenvalue weighted by atomic mass is 32.1. The second-order valence-corrected chi connectivity index (χ2v) is 8.26. The number of aromatic nitrogens is 1. The molecule has 1 aliphatic rings. The first-order valence-electron chi connectivity index (χ1n) is 9.91. The number of methoxy groups -OCH3 is 1. The van der Waals surface area contributed by atoms with Crippen LogP contribution in [0.15, 0.2) is 60.2 Å². The van der Waals surface area contributed by atoms with Crippen molar-refractivity contribution in [2.75, 3.05) is 12.0 Å². The fraction of sp³-hybridized carbons (Fsp3) is 0.130. The third-order valence-corrected chi connectivity index (χ3v) is 6.41. The second kappa shape index (κ2) is 8.87. The Kier molecular flexibility index (Phi) is 5.95. The summed E-state index contributed by atoms with van der Waals surface area (Å²) in [7, 11) is 1.21. The van der Waals surface area contributed by atoms with E-state index in [1.807, 2.05) is 0 Å². The predicted molar refractivity (Wildman–Crippen MR) is 123 cm³/mol. The Labute approximate surface area is 196 Å². The lowest BCUT2D eigenvalue weighted by atomic mass is 9.95. The fourth-order valence-corrected chi connectivity index (χ4v) is 4.65. The van der Waals surface area contributed by atoms with Crippen LogP contribution in [-0.2, 0) is 14.3 Å². The quantitative estimate of drug-likeness (QED) is 0.146. The van der Waals surface area contributed by atoms with Crippen molar-refractivity contribution in [3.63, 3.8) is 0 Å². The van der Waals surface area contributed by atoms with Gasteiger partial charge in [-0.2, -0.15) is 0 Å². The molecule has 0 spiro atoms. The molecule has 2 heterocycles. The van der Waals surface area contributed by atoms with Crippen LogP contribution in [0.3, 0.4) is 0 Å². The van der Waals surface area contributed by atoms with Crippen LogP contribution >= 0.6 is 11.3 Å². The summed E-state index contributed by atoms with van der Waals surface area (Å²) < 4.78 is 4.75. The molecule has 1 aromatic heterocycles. The number of carbonyl (C=O) groups is 3. The number of rotatable bonds is 5. The monoisotopic (exact) mass is 479 g/mol. The number of aliphatic hydroxyl groups is 1. The highest BCUT2D eigenvalue weighted by Gasteiger charge is 2.48. The van der Waals surface area contributed by atoms with Crippen LogP contribution in [0.2, 0.25) is 0 Å². The van der Waals surface area contributed by atoms with Gasteiger partial charge in [-0.1, -0.05) is 41.7 Å². The third kappa shape index (κ3) is 3.82. The molecule has 1 unspecified atom stereocenters. The fourth-order valence-electron chi connectivity index (χ4n) is 3.64. The number of hydrogen-bond acceptors (Lipinski definition) is 9. The van der Waals surface area contributed by atoms with Gasteiger partial charge in [0, 0.05) is 17.7 Å². The van der Waals surface area contributed by atoms with Gasteiger partial charge in [-0.15, -0.1) is 0 Å². The number of ketones is 1. The summed E-state index contributed by atoms with van der Waals surface area (Å²) in [5.74, 6) is -2.94.